The minimum atomic E-state index is 0.102. The van der Waals surface area contributed by atoms with Crippen LogP contribution in [0.1, 0.15) is 35.8 Å². The van der Waals surface area contributed by atoms with Crippen LogP contribution in [0.25, 0.3) is 0 Å². The predicted molar refractivity (Wildman–Crippen MR) is 70.8 cm³/mol. The van der Waals surface area contributed by atoms with Gasteiger partial charge in [0.25, 0.3) is 5.91 Å². The third kappa shape index (κ3) is 2.15. The third-order valence-electron chi connectivity index (χ3n) is 3.88. The number of halogens is 1. The Balaban J connectivity index is 1.80. The summed E-state index contributed by atoms with van der Waals surface area (Å²) >= 11 is 6.03. The zero-order valence-corrected chi connectivity index (χ0v) is 11.1. The number of nitrogens with two attached hydrogens (primary N) is 1. The molecule has 0 spiro atoms. The molecule has 3 rings (SSSR count). The number of nitrogens with zero attached hydrogens (tertiary/aromatic N) is 2. The smallest absolute Gasteiger partial charge is 0.270 e. The van der Waals surface area contributed by atoms with Gasteiger partial charge in [0, 0.05) is 25.3 Å². The summed E-state index contributed by atoms with van der Waals surface area (Å²) in [6.07, 6.45) is 5.19. The van der Waals surface area contributed by atoms with Gasteiger partial charge in [0.2, 0.25) is 0 Å². The SMILES string of the molecule is NCC1CCN(C(=O)c2cc(Cl)cn2C2CC2)C1. The Morgan fingerprint density at radius 1 is 1.44 bits per heavy atom. The summed E-state index contributed by atoms with van der Waals surface area (Å²) in [5.41, 5.74) is 6.40. The molecule has 2 heterocycles. The zero-order valence-electron chi connectivity index (χ0n) is 10.3. The summed E-state index contributed by atoms with van der Waals surface area (Å²) in [5.74, 6) is 0.554. The van der Waals surface area contributed by atoms with E-state index in [4.69, 9.17) is 17.3 Å². The molecule has 1 saturated heterocycles. The lowest BCUT2D eigenvalue weighted by Gasteiger charge is -2.17. The van der Waals surface area contributed by atoms with Crippen molar-refractivity contribution in [2.75, 3.05) is 19.6 Å². The van der Waals surface area contributed by atoms with Crippen molar-refractivity contribution >= 4 is 17.5 Å². The molecule has 2 fully saturated rings. The number of carbonyl (C=O) groups is 1. The zero-order chi connectivity index (χ0) is 12.7. The molecular formula is C13H18ClN3O. The number of likely N-dealkylation sites (tertiary alicyclic amines) is 1. The van der Waals surface area contributed by atoms with Gasteiger partial charge in [0.05, 0.1) is 5.02 Å². The molecule has 1 amide bonds. The molecule has 1 saturated carbocycles. The lowest BCUT2D eigenvalue weighted by molar-refractivity contribution is 0.0776. The van der Waals surface area contributed by atoms with Gasteiger partial charge >= 0.3 is 0 Å². The molecule has 1 aliphatic carbocycles. The van der Waals surface area contributed by atoms with Crippen molar-refractivity contribution < 1.29 is 4.79 Å². The fourth-order valence-corrected chi connectivity index (χ4v) is 2.85. The van der Waals surface area contributed by atoms with Crippen LogP contribution in [0.15, 0.2) is 12.3 Å². The highest BCUT2D eigenvalue weighted by Gasteiger charge is 2.32. The molecular weight excluding hydrogens is 250 g/mol. The predicted octanol–water partition coefficient (Wildman–Crippen LogP) is 1.90. The van der Waals surface area contributed by atoms with Gasteiger partial charge in [-0.1, -0.05) is 11.6 Å². The van der Waals surface area contributed by atoms with Crippen molar-refractivity contribution in [2.45, 2.75) is 25.3 Å². The van der Waals surface area contributed by atoms with E-state index in [0.29, 0.717) is 23.5 Å². The largest absolute Gasteiger partial charge is 0.339 e. The van der Waals surface area contributed by atoms with E-state index in [0.717, 1.165) is 38.0 Å². The Kier molecular flexibility index (Phi) is 3.08. The average molecular weight is 268 g/mol. The Morgan fingerprint density at radius 3 is 2.83 bits per heavy atom. The first-order chi connectivity index (χ1) is 8.69. The van der Waals surface area contributed by atoms with Crippen LogP contribution in [0.3, 0.4) is 0 Å². The Labute approximate surface area is 112 Å². The van der Waals surface area contributed by atoms with Gasteiger partial charge in [-0.15, -0.1) is 0 Å². The standard InChI is InChI=1S/C13H18ClN3O/c14-10-5-12(17(8-10)11-1-2-11)13(18)16-4-3-9(6-15)7-16/h5,8-9,11H,1-4,6-7,15H2. The van der Waals surface area contributed by atoms with E-state index in [-0.39, 0.29) is 5.91 Å². The third-order valence-corrected chi connectivity index (χ3v) is 4.09. The van der Waals surface area contributed by atoms with E-state index >= 15 is 0 Å². The number of hydrogen-bond acceptors (Lipinski definition) is 2. The van der Waals surface area contributed by atoms with E-state index in [1.165, 1.54) is 0 Å². The van der Waals surface area contributed by atoms with Crippen LogP contribution in [0.2, 0.25) is 5.02 Å². The molecule has 18 heavy (non-hydrogen) atoms. The lowest BCUT2D eigenvalue weighted by Crippen LogP contribution is -2.31. The fourth-order valence-electron chi connectivity index (χ4n) is 2.64. The molecule has 2 aliphatic rings. The van der Waals surface area contributed by atoms with Crippen molar-refractivity contribution in [2.24, 2.45) is 11.7 Å². The number of amides is 1. The summed E-state index contributed by atoms with van der Waals surface area (Å²) in [6.45, 7) is 2.26. The summed E-state index contributed by atoms with van der Waals surface area (Å²) in [6, 6.07) is 2.27. The molecule has 98 valence electrons. The molecule has 0 radical (unpaired) electrons. The minimum Gasteiger partial charge on any atom is -0.339 e. The van der Waals surface area contributed by atoms with Crippen LogP contribution in [-0.2, 0) is 0 Å². The van der Waals surface area contributed by atoms with Gasteiger partial charge in [-0.3, -0.25) is 4.79 Å². The molecule has 1 unspecified atom stereocenters. The van der Waals surface area contributed by atoms with E-state index in [9.17, 15) is 4.79 Å². The summed E-state index contributed by atoms with van der Waals surface area (Å²) in [7, 11) is 0. The topological polar surface area (TPSA) is 51.3 Å². The van der Waals surface area contributed by atoms with E-state index in [1.54, 1.807) is 6.07 Å². The van der Waals surface area contributed by atoms with Crippen molar-refractivity contribution in [3.05, 3.63) is 23.0 Å². The molecule has 2 N–H and O–H groups in total. The lowest BCUT2D eigenvalue weighted by atomic mass is 10.1. The molecule has 1 aromatic heterocycles. The number of carbonyl (C=O) groups excluding carboxylic acids is 1. The van der Waals surface area contributed by atoms with Crippen molar-refractivity contribution in [1.82, 2.24) is 9.47 Å². The number of rotatable bonds is 3. The first-order valence-electron chi connectivity index (χ1n) is 6.55. The second-order valence-corrected chi connectivity index (χ2v) is 5.76. The minimum absolute atomic E-state index is 0.102. The first-order valence-corrected chi connectivity index (χ1v) is 6.93. The maximum atomic E-state index is 12.5. The van der Waals surface area contributed by atoms with Crippen LogP contribution in [0.4, 0.5) is 0 Å². The van der Waals surface area contributed by atoms with Gasteiger partial charge in [0.15, 0.2) is 0 Å². The Hall–Kier alpha value is -1.00. The molecule has 0 bridgehead atoms. The van der Waals surface area contributed by atoms with Gasteiger partial charge in [-0.2, -0.15) is 0 Å². The van der Waals surface area contributed by atoms with Gasteiger partial charge in [-0.25, -0.2) is 0 Å². The van der Waals surface area contributed by atoms with Crippen molar-refractivity contribution in [3.63, 3.8) is 0 Å². The molecule has 1 aromatic rings. The molecule has 4 nitrogen and oxygen atoms in total. The maximum absolute atomic E-state index is 12.5. The van der Waals surface area contributed by atoms with E-state index in [2.05, 4.69) is 0 Å². The Morgan fingerprint density at radius 2 is 2.22 bits per heavy atom. The molecule has 1 atom stereocenters. The maximum Gasteiger partial charge on any atom is 0.270 e. The highest BCUT2D eigenvalue weighted by atomic mass is 35.5. The molecule has 5 heteroatoms. The van der Waals surface area contributed by atoms with Gasteiger partial charge in [0.1, 0.15) is 5.69 Å². The van der Waals surface area contributed by atoms with E-state index in [1.807, 2.05) is 15.7 Å². The quantitative estimate of drug-likeness (QED) is 0.909. The summed E-state index contributed by atoms with van der Waals surface area (Å²) in [4.78, 5) is 14.4. The van der Waals surface area contributed by atoms with Crippen LogP contribution in [0.5, 0.6) is 0 Å². The molecule has 0 aromatic carbocycles. The van der Waals surface area contributed by atoms with Gasteiger partial charge < -0.3 is 15.2 Å². The van der Waals surface area contributed by atoms with Crippen LogP contribution < -0.4 is 5.73 Å². The van der Waals surface area contributed by atoms with Gasteiger partial charge in [-0.05, 0) is 37.8 Å². The summed E-state index contributed by atoms with van der Waals surface area (Å²) in [5, 5.41) is 0.653. The second kappa shape index (κ2) is 4.59. The van der Waals surface area contributed by atoms with Crippen molar-refractivity contribution in [1.29, 1.82) is 0 Å². The highest BCUT2D eigenvalue weighted by Crippen LogP contribution is 2.38. The normalized spacial score (nSPS) is 23.7. The second-order valence-electron chi connectivity index (χ2n) is 5.32. The fraction of sp³-hybridized carbons (Fsp3) is 0.615. The van der Waals surface area contributed by atoms with Crippen LogP contribution in [-0.4, -0.2) is 35.0 Å². The average Bonchev–Trinajstić information content (AvgIpc) is 2.97. The summed E-state index contributed by atoms with van der Waals surface area (Å²) < 4.78 is 2.04. The first kappa shape index (κ1) is 12.1. The monoisotopic (exact) mass is 267 g/mol. The Bertz CT molecular complexity index is 467. The van der Waals surface area contributed by atoms with Crippen LogP contribution in [0, 0.1) is 5.92 Å². The van der Waals surface area contributed by atoms with E-state index < -0.39 is 0 Å². The van der Waals surface area contributed by atoms with Crippen LogP contribution >= 0.6 is 11.6 Å². The number of aromatic nitrogens is 1. The highest BCUT2D eigenvalue weighted by molar-refractivity contribution is 6.31. The molecule has 1 aliphatic heterocycles. The number of hydrogen-bond donors (Lipinski definition) is 1. The van der Waals surface area contributed by atoms with Crippen molar-refractivity contribution in [3.8, 4) is 0 Å².